The molecule has 1 aliphatic heterocycles. The average Bonchev–Trinajstić information content (AvgIpc) is 2.88. The molecule has 2 aromatic carbocycles. The van der Waals surface area contributed by atoms with Crippen LogP contribution in [0.1, 0.15) is 0 Å². The van der Waals surface area contributed by atoms with Gasteiger partial charge in [-0.3, -0.25) is 5.01 Å². The van der Waals surface area contributed by atoms with E-state index in [1.807, 2.05) is 59.6 Å². The predicted molar refractivity (Wildman–Crippen MR) is 155 cm³/mol. The largest absolute Gasteiger partial charge is 0.376 e. The quantitative estimate of drug-likeness (QED) is 0.219. The molecule has 4 N–H and O–H groups in total. The van der Waals surface area contributed by atoms with Gasteiger partial charge in [-0.15, -0.1) is 5.11 Å². The Hall–Kier alpha value is -3.51. The minimum absolute atomic E-state index is 0.0740. The fourth-order valence-corrected chi connectivity index (χ4v) is 4.63. The molecule has 1 saturated heterocycles. The molecule has 188 valence electrons. The van der Waals surface area contributed by atoms with E-state index in [2.05, 4.69) is 37.6 Å². The van der Waals surface area contributed by atoms with Crippen LogP contribution in [0.4, 0.5) is 11.5 Å². The first-order valence-electron chi connectivity index (χ1n) is 11.6. The third kappa shape index (κ3) is 5.75. The number of fused-ring (bicyclic) bond motifs is 1. The Labute approximate surface area is 229 Å². The van der Waals surface area contributed by atoms with Crippen LogP contribution in [0.2, 0.25) is 5.02 Å². The van der Waals surface area contributed by atoms with Gasteiger partial charge in [-0.2, -0.15) is 0 Å². The van der Waals surface area contributed by atoms with Gasteiger partial charge >= 0.3 is 0 Å². The van der Waals surface area contributed by atoms with Crippen molar-refractivity contribution in [2.45, 2.75) is 0 Å². The molecule has 1 aliphatic rings. The van der Waals surface area contributed by atoms with Gasteiger partial charge in [0, 0.05) is 29.2 Å². The standard InChI is InChI=1S/C25H24ClN9S2/c1-34-10-12-35(13-11-34)33-32-16-8-6-15(7-9-16)20-14-18(17-4-2-3-5-19(17)26)21-22(28-20)30-25(37)31-23(21)29-24(27)36/h2-9,14H,10-13H2,1H3,(H4,27,28,29,30,31,36,37). The lowest BCUT2D eigenvalue weighted by Gasteiger charge is -2.29. The van der Waals surface area contributed by atoms with E-state index in [0.29, 0.717) is 21.9 Å². The number of piperazine rings is 1. The van der Waals surface area contributed by atoms with Gasteiger partial charge in [0.1, 0.15) is 11.5 Å². The topological polar surface area (TPSA) is 111 Å². The molecule has 0 amide bonds. The van der Waals surface area contributed by atoms with Crippen molar-refractivity contribution in [3.05, 3.63) is 64.4 Å². The van der Waals surface area contributed by atoms with Crippen molar-refractivity contribution in [1.29, 1.82) is 0 Å². The first-order valence-corrected chi connectivity index (χ1v) is 12.8. The monoisotopic (exact) mass is 549 g/mol. The van der Waals surface area contributed by atoms with Crippen molar-refractivity contribution in [3.63, 3.8) is 0 Å². The third-order valence-corrected chi connectivity index (χ3v) is 6.65. The number of halogens is 1. The summed E-state index contributed by atoms with van der Waals surface area (Å²) in [5.41, 5.74) is 10.3. The Bertz CT molecular complexity index is 1540. The number of nitrogens with zero attached hydrogens (tertiary/aromatic N) is 6. The van der Waals surface area contributed by atoms with Crippen molar-refractivity contribution in [2.75, 3.05) is 38.5 Å². The number of aromatic nitrogens is 3. The molecular formula is C25H24ClN9S2. The van der Waals surface area contributed by atoms with E-state index < -0.39 is 0 Å². The van der Waals surface area contributed by atoms with Crippen LogP contribution in [0, 0.1) is 4.77 Å². The van der Waals surface area contributed by atoms with E-state index in [1.165, 1.54) is 0 Å². The number of aromatic amines is 1. The summed E-state index contributed by atoms with van der Waals surface area (Å²) in [4.78, 5) is 14.6. The molecule has 0 unspecified atom stereocenters. The zero-order valence-corrected chi connectivity index (χ0v) is 22.4. The Balaban J connectivity index is 1.56. The summed E-state index contributed by atoms with van der Waals surface area (Å²) >= 11 is 17.0. The number of benzene rings is 2. The van der Waals surface area contributed by atoms with Crippen LogP contribution in [0.15, 0.2) is 64.9 Å². The van der Waals surface area contributed by atoms with E-state index in [0.717, 1.165) is 54.3 Å². The van der Waals surface area contributed by atoms with E-state index in [4.69, 9.17) is 46.8 Å². The van der Waals surface area contributed by atoms with Crippen molar-refractivity contribution in [3.8, 4) is 22.4 Å². The molecule has 0 aliphatic carbocycles. The predicted octanol–water partition coefficient (Wildman–Crippen LogP) is 5.58. The molecule has 0 radical (unpaired) electrons. The number of nitrogens with two attached hydrogens (primary N) is 1. The zero-order chi connectivity index (χ0) is 25.9. The summed E-state index contributed by atoms with van der Waals surface area (Å²) in [5.74, 6) is 0.417. The van der Waals surface area contributed by atoms with Gasteiger partial charge in [-0.05, 0) is 61.3 Å². The molecule has 0 spiro atoms. The lowest BCUT2D eigenvalue weighted by Crippen LogP contribution is -2.41. The van der Waals surface area contributed by atoms with Gasteiger partial charge in [0.05, 0.1) is 29.9 Å². The summed E-state index contributed by atoms with van der Waals surface area (Å²) < 4.78 is 0.251. The van der Waals surface area contributed by atoms with Crippen LogP contribution < -0.4 is 11.1 Å². The number of likely N-dealkylation sites (N-methyl/N-ethyl adjacent to an activating group) is 1. The Morgan fingerprint density at radius 2 is 1.78 bits per heavy atom. The molecule has 2 aromatic heterocycles. The number of rotatable bonds is 5. The Morgan fingerprint density at radius 1 is 1.05 bits per heavy atom. The smallest absolute Gasteiger partial charge is 0.200 e. The van der Waals surface area contributed by atoms with Crippen molar-refractivity contribution in [1.82, 2.24) is 24.9 Å². The van der Waals surface area contributed by atoms with Crippen molar-refractivity contribution in [2.24, 2.45) is 16.1 Å². The first-order chi connectivity index (χ1) is 17.9. The Kier molecular flexibility index (Phi) is 7.38. The molecule has 3 heterocycles. The SMILES string of the molecule is CN1CCN(N=Nc2ccc(-c3cc(-c4ccccc4Cl)c4c(NC(N)=S)nc(=S)[nH]c4n3)cc2)CC1. The molecule has 12 heteroatoms. The molecule has 0 saturated carbocycles. The second-order valence-electron chi connectivity index (χ2n) is 8.63. The van der Waals surface area contributed by atoms with Gasteiger partial charge in [0.25, 0.3) is 0 Å². The van der Waals surface area contributed by atoms with Crippen LogP contribution in [0.3, 0.4) is 0 Å². The van der Waals surface area contributed by atoms with E-state index in [9.17, 15) is 0 Å². The van der Waals surface area contributed by atoms with Crippen LogP contribution >= 0.6 is 36.0 Å². The summed E-state index contributed by atoms with van der Waals surface area (Å²) in [7, 11) is 2.11. The van der Waals surface area contributed by atoms with Crippen molar-refractivity contribution >= 4 is 63.7 Å². The van der Waals surface area contributed by atoms with Crippen LogP contribution in [0.5, 0.6) is 0 Å². The first kappa shape index (κ1) is 25.2. The minimum atomic E-state index is 0.0740. The highest BCUT2D eigenvalue weighted by Crippen LogP contribution is 2.38. The van der Waals surface area contributed by atoms with Crippen LogP contribution in [-0.2, 0) is 0 Å². The van der Waals surface area contributed by atoms with Gasteiger partial charge < -0.3 is 20.9 Å². The fraction of sp³-hybridized carbons (Fsp3) is 0.200. The minimum Gasteiger partial charge on any atom is -0.376 e. The Morgan fingerprint density at radius 3 is 2.49 bits per heavy atom. The molecule has 0 atom stereocenters. The molecular weight excluding hydrogens is 526 g/mol. The van der Waals surface area contributed by atoms with E-state index in [1.54, 1.807) is 0 Å². The number of H-pyrrole nitrogens is 1. The maximum atomic E-state index is 6.60. The maximum absolute atomic E-state index is 6.60. The average molecular weight is 550 g/mol. The number of hydrogen-bond acceptors (Lipinski definition) is 7. The van der Waals surface area contributed by atoms with E-state index in [-0.39, 0.29) is 9.88 Å². The van der Waals surface area contributed by atoms with Gasteiger partial charge in [0.2, 0.25) is 0 Å². The molecule has 5 rings (SSSR count). The number of pyridine rings is 1. The maximum Gasteiger partial charge on any atom is 0.200 e. The summed E-state index contributed by atoms with van der Waals surface area (Å²) in [5, 5.41) is 15.0. The number of anilines is 1. The van der Waals surface area contributed by atoms with Gasteiger partial charge in [0.15, 0.2) is 9.88 Å². The highest BCUT2D eigenvalue weighted by atomic mass is 35.5. The third-order valence-electron chi connectivity index (χ3n) is 6.03. The molecule has 37 heavy (non-hydrogen) atoms. The van der Waals surface area contributed by atoms with Gasteiger partial charge in [-0.1, -0.05) is 47.2 Å². The van der Waals surface area contributed by atoms with E-state index >= 15 is 0 Å². The second-order valence-corrected chi connectivity index (χ2v) is 9.87. The number of nitrogens with one attached hydrogen (secondary N) is 2. The highest BCUT2D eigenvalue weighted by molar-refractivity contribution is 7.80. The summed E-state index contributed by atoms with van der Waals surface area (Å²) in [6.07, 6.45) is 0. The van der Waals surface area contributed by atoms with Crippen LogP contribution in [0.25, 0.3) is 33.4 Å². The lowest BCUT2D eigenvalue weighted by molar-refractivity contribution is 0.150. The summed E-state index contributed by atoms with van der Waals surface area (Å²) in [6, 6.07) is 17.3. The zero-order valence-electron chi connectivity index (χ0n) is 20.0. The highest BCUT2D eigenvalue weighted by Gasteiger charge is 2.17. The van der Waals surface area contributed by atoms with Crippen LogP contribution in [-0.4, -0.2) is 63.2 Å². The lowest BCUT2D eigenvalue weighted by atomic mass is 9.99. The molecule has 9 nitrogen and oxygen atoms in total. The number of thiocarbonyl (C=S) groups is 1. The number of hydrogen-bond donors (Lipinski definition) is 3. The normalized spacial score (nSPS) is 14.4. The second kappa shape index (κ2) is 10.9. The summed E-state index contributed by atoms with van der Waals surface area (Å²) in [6.45, 7) is 3.69. The van der Waals surface area contributed by atoms with Gasteiger partial charge in [-0.25, -0.2) is 9.97 Å². The molecule has 4 aromatic rings. The fourth-order valence-electron chi connectivity index (χ4n) is 4.11. The molecule has 1 fully saturated rings. The molecule has 0 bridgehead atoms. The van der Waals surface area contributed by atoms with Crippen molar-refractivity contribution < 1.29 is 0 Å².